The van der Waals surface area contributed by atoms with Crippen LogP contribution in [0.2, 0.25) is 0 Å². The van der Waals surface area contributed by atoms with Crippen LogP contribution in [-0.4, -0.2) is 29.8 Å². The third-order valence-corrected chi connectivity index (χ3v) is 3.35. The van der Waals surface area contributed by atoms with E-state index in [9.17, 15) is 30.7 Å². The molecular weight excluding hydrogens is 357 g/mol. The molecule has 0 spiro atoms. The molecule has 0 aromatic heterocycles. The first kappa shape index (κ1) is 18.9. The van der Waals surface area contributed by atoms with Crippen molar-refractivity contribution < 1.29 is 35.5 Å². The summed E-state index contributed by atoms with van der Waals surface area (Å²) in [4.78, 5) is 6.78. The lowest BCUT2D eigenvalue weighted by atomic mass is 10.1. The Kier molecular flexibility index (Phi) is 4.43. The molecule has 25 heavy (non-hydrogen) atoms. The monoisotopic (exact) mass is 368 g/mol. The summed E-state index contributed by atoms with van der Waals surface area (Å²) in [5.41, 5.74) is 0.894. The largest absolute Gasteiger partial charge is 0.460 e. The van der Waals surface area contributed by atoms with Crippen LogP contribution in [0.5, 0.6) is 0 Å². The van der Waals surface area contributed by atoms with Crippen LogP contribution in [0.1, 0.15) is 11.1 Å². The number of ether oxygens (including phenoxy) is 1. The van der Waals surface area contributed by atoms with Crippen molar-refractivity contribution in [3.63, 3.8) is 0 Å². The van der Waals surface area contributed by atoms with Gasteiger partial charge in [-0.05, 0) is 25.0 Å². The minimum Gasteiger partial charge on any atom is -0.416 e. The Morgan fingerprint density at radius 2 is 1.52 bits per heavy atom. The lowest BCUT2D eigenvalue weighted by Gasteiger charge is -2.26. The molecule has 1 aromatic carbocycles. The normalized spacial score (nSPS) is 17.7. The van der Waals surface area contributed by atoms with E-state index in [0.717, 1.165) is 0 Å². The van der Waals surface area contributed by atoms with Gasteiger partial charge in [0.25, 0.3) is 5.90 Å². The molecule has 10 heteroatoms. The fourth-order valence-electron chi connectivity index (χ4n) is 1.96. The first-order chi connectivity index (χ1) is 11.3. The van der Waals surface area contributed by atoms with Gasteiger partial charge in [-0.15, -0.1) is 0 Å². The van der Waals surface area contributed by atoms with E-state index in [1.54, 1.807) is 32.0 Å². The van der Waals surface area contributed by atoms with Gasteiger partial charge < -0.3 is 4.74 Å². The van der Waals surface area contributed by atoms with Crippen LogP contribution in [0, 0.1) is 13.8 Å². The number of benzene rings is 1. The smallest absolute Gasteiger partial charge is 0.416 e. The molecule has 0 radical (unpaired) electrons. The Labute approximate surface area is 137 Å². The SMILES string of the molecule is C=C1N=C(C(F)(F)C(F)(F)C(F)(F)F)OC1=Nc1c(C)cccc1C. The summed E-state index contributed by atoms with van der Waals surface area (Å²) in [5, 5.41) is 0. The number of rotatable bonds is 3. The highest BCUT2D eigenvalue weighted by molar-refractivity contribution is 6.10. The molecule has 1 aliphatic rings. The van der Waals surface area contributed by atoms with Crippen molar-refractivity contribution in [2.75, 3.05) is 0 Å². The minimum atomic E-state index is -6.49. The van der Waals surface area contributed by atoms with Gasteiger partial charge in [0.2, 0.25) is 5.90 Å². The molecule has 1 aliphatic heterocycles. The zero-order chi connectivity index (χ0) is 19.2. The molecule has 3 nitrogen and oxygen atoms in total. The highest BCUT2D eigenvalue weighted by atomic mass is 19.4. The maximum absolute atomic E-state index is 13.6. The van der Waals surface area contributed by atoms with Gasteiger partial charge in [0, 0.05) is 0 Å². The Balaban J connectivity index is 2.40. The molecule has 0 saturated carbocycles. The van der Waals surface area contributed by atoms with E-state index < -0.39 is 35.5 Å². The van der Waals surface area contributed by atoms with Crippen molar-refractivity contribution in [2.45, 2.75) is 31.9 Å². The second-order valence-corrected chi connectivity index (χ2v) is 5.27. The van der Waals surface area contributed by atoms with Gasteiger partial charge in [0.15, 0.2) is 0 Å². The number of aryl methyl sites for hydroxylation is 2. The lowest BCUT2D eigenvalue weighted by molar-refractivity contribution is -0.338. The minimum absolute atomic E-state index is 0.279. The number of aliphatic imine (C=N–C) groups is 2. The Hall–Kier alpha value is -2.39. The van der Waals surface area contributed by atoms with Gasteiger partial charge in [0.1, 0.15) is 5.70 Å². The molecule has 136 valence electrons. The van der Waals surface area contributed by atoms with Crippen molar-refractivity contribution in [1.29, 1.82) is 0 Å². The number of hydrogen-bond acceptors (Lipinski definition) is 3. The van der Waals surface area contributed by atoms with Crippen LogP contribution >= 0.6 is 0 Å². The number of halogens is 7. The first-order valence-corrected chi connectivity index (χ1v) is 6.72. The van der Waals surface area contributed by atoms with E-state index in [0.29, 0.717) is 11.1 Å². The molecule has 1 heterocycles. The highest BCUT2D eigenvalue weighted by Gasteiger charge is 2.76. The summed E-state index contributed by atoms with van der Waals surface area (Å²) >= 11 is 0. The summed E-state index contributed by atoms with van der Waals surface area (Å²) < 4.78 is 94.5. The fraction of sp³-hybridized carbons (Fsp3) is 0.333. The molecular formula is C15H11F7N2O. The zero-order valence-corrected chi connectivity index (χ0v) is 12.9. The summed E-state index contributed by atoms with van der Waals surface area (Å²) in [5.74, 6) is -14.9. The van der Waals surface area contributed by atoms with Gasteiger partial charge in [-0.3, -0.25) is 0 Å². The molecule has 0 saturated heterocycles. The van der Waals surface area contributed by atoms with Crippen molar-refractivity contribution in [1.82, 2.24) is 0 Å². The van der Waals surface area contributed by atoms with Gasteiger partial charge >= 0.3 is 18.0 Å². The summed E-state index contributed by atoms with van der Waals surface area (Å²) in [7, 11) is 0. The van der Waals surface area contributed by atoms with Crippen LogP contribution in [0.4, 0.5) is 36.4 Å². The summed E-state index contributed by atoms with van der Waals surface area (Å²) in [6.45, 7) is 6.47. The predicted molar refractivity (Wildman–Crippen MR) is 76.6 cm³/mol. The number of nitrogens with zero attached hydrogens (tertiary/aromatic N) is 2. The van der Waals surface area contributed by atoms with Crippen molar-refractivity contribution in [2.24, 2.45) is 9.98 Å². The molecule has 0 aliphatic carbocycles. The van der Waals surface area contributed by atoms with Gasteiger partial charge in [-0.1, -0.05) is 24.8 Å². The van der Waals surface area contributed by atoms with Crippen LogP contribution < -0.4 is 0 Å². The van der Waals surface area contributed by atoms with Crippen LogP contribution in [-0.2, 0) is 4.74 Å². The van der Waals surface area contributed by atoms with E-state index in [2.05, 4.69) is 21.3 Å². The lowest BCUT2D eigenvalue weighted by Crippen LogP contribution is -2.56. The van der Waals surface area contributed by atoms with Crippen molar-refractivity contribution in [3.8, 4) is 0 Å². The molecule has 1 aromatic rings. The zero-order valence-electron chi connectivity index (χ0n) is 12.9. The van der Waals surface area contributed by atoms with E-state index in [4.69, 9.17) is 0 Å². The highest BCUT2D eigenvalue weighted by Crippen LogP contribution is 2.48. The van der Waals surface area contributed by atoms with Crippen molar-refractivity contribution >= 4 is 17.5 Å². The van der Waals surface area contributed by atoms with Crippen LogP contribution in [0.25, 0.3) is 0 Å². The third kappa shape index (κ3) is 3.12. The second kappa shape index (κ2) is 5.85. The second-order valence-electron chi connectivity index (χ2n) is 5.27. The molecule has 0 amide bonds. The van der Waals surface area contributed by atoms with Gasteiger partial charge in [-0.2, -0.15) is 30.7 Å². The van der Waals surface area contributed by atoms with Crippen molar-refractivity contribution in [3.05, 3.63) is 41.6 Å². The van der Waals surface area contributed by atoms with E-state index in [1.165, 1.54) is 0 Å². The number of hydrogen-bond donors (Lipinski definition) is 0. The third-order valence-electron chi connectivity index (χ3n) is 3.35. The van der Waals surface area contributed by atoms with Crippen LogP contribution in [0.3, 0.4) is 0 Å². The van der Waals surface area contributed by atoms with E-state index in [1.807, 2.05) is 0 Å². The Morgan fingerprint density at radius 3 is 2.00 bits per heavy atom. The maximum Gasteiger partial charge on any atom is 0.460 e. The summed E-state index contributed by atoms with van der Waals surface area (Å²) in [6, 6.07) is 4.97. The van der Waals surface area contributed by atoms with E-state index >= 15 is 0 Å². The number of alkyl halides is 7. The average Bonchev–Trinajstić information content (AvgIpc) is 2.83. The Morgan fingerprint density at radius 1 is 1.00 bits per heavy atom. The molecule has 0 bridgehead atoms. The molecule has 0 atom stereocenters. The first-order valence-electron chi connectivity index (χ1n) is 6.72. The maximum atomic E-state index is 13.6. The topological polar surface area (TPSA) is 34.0 Å². The molecule has 0 N–H and O–H groups in total. The average molecular weight is 368 g/mol. The van der Waals surface area contributed by atoms with Gasteiger partial charge in [-0.25, -0.2) is 9.98 Å². The predicted octanol–water partition coefficient (Wildman–Crippen LogP) is 5.11. The fourth-order valence-corrected chi connectivity index (χ4v) is 1.96. The van der Waals surface area contributed by atoms with Crippen LogP contribution in [0.15, 0.2) is 40.5 Å². The molecule has 0 fully saturated rings. The summed E-state index contributed by atoms with van der Waals surface area (Å²) in [6.07, 6.45) is -6.49. The molecule has 0 unspecified atom stereocenters. The van der Waals surface area contributed by atoms with Gasteiger partial charge in [0.05, 0.1) is 5.69 Å². The quantitative estimate of drug-likeness (QED) is 0.683. The number of para-hydroxylation sites is 1. The standard InChI is InChI=1S/C15H11F7N2O/c1-7-5-4-6-8(2)10(7)24-11-9(3)23-12(25-11)13(16,17)14(18,19)15(20,21)22/h4-6H,3H2,1-2H3. The Bertz CT molecular complexity index is 758. The molecule has 2 rings (SSSR count). The van der Waals surface area contributed by atoms with E-state index in [-0.39, 0.29) is 5.69 Å².